The highest BCUT2D eigenvalue weighted by Crippen LogP contribution is 2.15. The Morgan fingerprint density at radius 3 is 0.928 bits per heavy atom. The van der Waals surface area contributed by atoms with Gasteiger partial charge in [-0.05, 0) is 109 Å². The molecule has 6 heteroatoms. The Morgan fingerprint density at radius 2 is 0.565 bits per heavy atom. The van der Waals surface area contributed by atoms with E-state index in [9.17, 15) is 14.4 Å². The predicted octanol–water partition coefficient (Wildman–Crippen LogP) is 19.8. The molecule has 0 aromatic heterocycles. The monoisotopic (exact) mass is 963 g/mol. The van der Waals surface area contributed by atoms with Crippen LogP contribution in [0.25, 0.3) is 0 Å². The fourth-order valence-corrected chi connectivity index (χ4v) is 8.25. The van der Waals surface area contributed by atoms with Crippen molar-refractivity contribution in [3.05, 3.63) is 72.9 Å². The van der Waals surface area contributed by atoms with Gasteiger partial charge < -0.3 is 14.2 Å². The summed E-state index contributed by atoms with van der Waals surface area (Å²) in [5.74, 6) is -0.903. The fraction of sp³-hybridized carbons (Fsp3) is 0.762. The average molecular weight is 964 g/mol. The molecule has 0 aliphatic rings. The Kier molecular flexibility index (Phi) is 54.8. The van der Waals surface area contributed by atoms with Gasteiger partial charge in [-0.3, -0.25) is 14.4 Å². The van der Waals surface area contributed by atoms with Crippen molar-refractivity contribution in [2.75, 3.05) is 13.2 Å². The molecule has 0 saturated carbocycles. The molecule has 0 amide bonds. The van der Waals surface area contributed by atoms with Crippen LogP contribution in [0.1, 0.15) is 290 Å². The lowest BCUT2D eigenvalue weighted by atomic mass is 10.1. The van der Waals surface area contributed by atoms with Crippen LogP contribution >= 0.6 is 0 Å². The van der Waals surface area contributed by atoms with Gasteiger partial charge in [0.2, 0.25) is 0 Å². The van der Waals surface area contributed by atoms with E-state index in [4.69, 9.17) is 14.2 Å². The molecule has 0 aliphatic carbocycles. The maximum absolute atomic E-state index is 12.9. The lowest BCUT2D eigenvalue weighted by molar-refractivity contribution is -0.167. The highest BCUT2D eigenvalue weighted by molar-refractivity contribution is 5.71. The molecule has 0 radical (unpaired) electrons. The van der Waals surface area contributed by atoms with Crippen molar-refractivity contribution in [2.45, 2.75) is 297 Å². The second kappa shape index (κ2) is 57.4. The largest absolute Gasteiger partial charge is 0.462 e. The van der Waals surface area contributed by atoms with Gasteiger partial charge in [0.1, 0.15) is 13.2 Å². The van der Waals surface area contributed by atoms with Crippen LogP contribution in [0.3, 0.4) is 0 Å². The molecule has 0 aromatic carbocycles. The Labute approximate surface area is 427 Å². The summed E-state index contributed by atoms with van der Waals surface area (Å²) in [7, 11) is 0. The van der Waals surface area contributed by atoms with Crippen LogP contribution in [0, 0.1) is 0 Å². The minimum atomic E-state index is -0.788. The second-order valence-electron chi connectivity index (χ2n) is 19.5. The SMILES string of the molecule is CC/C=C\C/C=C\C/C=C\CCCCCCCC(=O)OCC(COC(=O)CCCCCCCCCCC/C=C\CCCCCCCC)OC(=O)CCCCCCCCC/C=C\C/C=C\CCCCC. The van der Waals surface area contributed by atoms with Gasteiger partial charge in [-0.1, -0.05) is 235 Å². The number of carbonyl (C=O) groups is 3. The summed E-state index contributed by atoms with van der Waals surface area (Å²) in [6.45, 7) is 6.50. The number of ether oxygens (including phenoxy) is 3. The molecule has 0 aromatic rings. The van der Waals surface area contributed by atoms with Gasteiger partial charge in [0.05, 0.1) is 0 Å². The van der Waals surface area contributed by atoms with Crippen LogP contribution in [0.4, 0.5) is 0 Å². The first-order chi connectivity index (χ1) is 34.0. The summed E-state index contributed by atoms with van der Waals surface area (Å²) in [6.07, 6.45) is 73.2. The third-order valence-electron chi connectivity index (χ3n) is 12.7. The third-order valence-corrected chi connectivity index (χ3v) is 12.7. The maximum Gasteiger partial charge on any atom is 0.306 e. The van der Waals surface area contributed by atoms with Crippen molar-refractivity contribution in [2.24, 2.45) is 0 Å². The van der Waals surface area contributed by atoms with E-state index in [1.54, 1.807) is 0 Å². The number of allylic oxidation sites excluding steroid dienone is 12. The summed E-state index contributed by atoms with van der Waals surface area (Å²) < 4.78 is 16.9. The van der Waals surface area contributed by atoms with E-state index in [2.05, 4.69) is 93.7 Å². The Hall–Kier alpha value is -3.15. The van der Waals surface area contributed by atoms with Gasteiger partial charge in [0, 0.05) is 19.3 Å². The van der Waals surface area contributed by atoms with E-state index >= 15 is 0 Å². The van der Waals surface area contributed by atoms with Crippen LogP contribution in [-0.2, 0) is 28.6 Å². The van der Waals surface area contributed by atoms with E-state index in [-0.39, 0.29) is 31.1 Å². The van der Waals surface area contributed by atoms with E-state index in [1.165, 1.54) is 141 Å². The molecular weight excluding hydrogens is 853 g/mol. The first kappa shape index (κ1) is 65.8. The smallest absolute Gasteiger partial charge is 0.306 e. The second-order valence-corrected chi connectivity index (χ2v) is 19.5. The molecule has 0 bridgehead atoms. The quantitative estimate of drug-likeness (QED) is 0.0262. The first-order valence-corrected chi connectivity index (χ1v) is 29.4. The molecule has 6 nitrogen and oxygen atoms in total. The Morgan fingerprint density at radius 1 is 0.304 bits per heavy atom. The number of carbonyl (C=O) groups excluding carboxylic acids is 3. The normalized spacial score (nSPS) is 12.6. The third kappa shape index (κ3) is 55.6. The zero-order chi connectivity index (χ0) is 50.0. The number of esters is 3. The van der Waals surface area contributed by atoms with Crippen molar-refractivity contribution in [1.82, 2.24) is 0 Å². The van der Waals surface area contributed by atoms with Crippen LogP contribution in [0.15, 0.2) is 72.9 Å². The number of hydrogen-bond donors (Lipinski definition) is 0. The van der Waals surface area contributed by atoms with Crippen LogP contribution in [0.5, 0.6) is 0 Å². The molecule has 0 fully saturated rings. The van der Waals surface area contributed by atoms with Crippen LogP contribution in [0.2, 0.25) is 0 Å². The highest BCUT2D eigenvalue weighted by atomic mass is 16.6. The molecule has 398 valence electrons. The summed E-state index contributed by atoms with van der Waals surface area (Å²) in [5, 5.41) is 0. The molecular formula is C63H110O6. The van der Waals surface area contributed by atoms with E-state index in [0.717, 1.165) is 109 Å². The molecule has 0 aliphatic heterocycles. The molecule has 0 heterocycles. The highest BCUT2D eigenvalue weighted by Gasteiger charge is 2.19. The standard InChI is InChI=1S/C63H110O6/c1-4-7-10-13-16-19-22-25-28-30-31-33-35-38-41-44-47-50-53-56-62(65)68-59-60(58-67-61(64)55-52-49-46-43-40-37-34-27-24-21-18-15-12-9-6-3)69-63(66)57-54-51-48-45-42-39-36-32-29-26-23-20-17-14-11-8-5-2/h9,12,17-18,20-21,25-29,34,60H,4-8,10-11,13-16,19,22-24,30-33,35-59H2,1-3H3/b12-9-,20-17-,21-18-,28-25-,29-26-,34-27-. The Balaban J connectivity index is 4.40. The first-order valence-electron chi connectivity index (χ1n) is 29.4. The molecule has 1 atom stereocenters. The molecule has 0 saturated heterocycles. The van der Waals surface area contributed by atoms with E-state index < -0.39 is 6.10 Å². The summed E-state index contributed by atoms with van der Waals surface area (Å²) in [6, 6.07) is 0. The van der Waals surface area contributed by atoms with Crippen LogP contribution in [-0.4, -0.2) is 37.2 Å². The van der Waals surface area contributed by atoms with Crippen molar-refractivity contribution in [3.63, 3.8) is 0 Å². The lowest BCUT2D eigenvalue weighted by Crippen LogP contribution is -2.30. The molecule has 0 spiro atoms. The van der Waals surface area contributed by atoms with Crippen molar-refractivity contribution >= 4 is 17.9 Å². The van der Waals surface area contributed by atoms with Gasteiger partial charge in [-0.2, -0.15) is 0 Å². The van der Waals surface area contributed by atoms with Crippen molar-refractivity contribution in [1.29, 1.82) is 0 Å². The summed E-state index contributed by atoms with van der Waals surface area (Å²) >= 11 is 0. The molecule has 1 unspecified atom stereocenters. The van der Waals surface area contributed by atoms with Crippen LogP contribution < -0.4 is 0 Å². The van der Waals surface area contributed by atoms with Gasteiger partial charge in [0.15, 0.2) is 6.10 Å². The van der Waals surface area contributed by atoms with E-state index in [1.807, 2.05) is 0 Å². The van der Waals surface area contributed by atoms with Gasteiger partial charge in [-0.15, -0.1) is 0 Å². The molecule has 0 rings (SSSR count). The minimum absolute atomic E-state index is 0.0846. The zero-order valence-electron chi connectivity index (χ0n) is 45.6. The number of rotatable bonds is 53. The van der Waals surface area contributed by atoms with Crippen molar-refractivity contribution in [3.8, 4) is 0 Å². The topological polar surface area (TPSA) is 78.9 Å². The number of unbranched alkanes of at least 4 members (excludes halogenated alkanes) is 30. The zero-order valence-corrected chi connectivity index (χ0v) is 45.6. The molecule has 0 N–H and O–H groups in total. The van der Waals surface area contributed by atoms with E-state index in [0.29, 0.717) is 19.3 Å². The lowest BCUT2D eigenvalue weighted by Gasteiger charge is -2.18. The van der Waals surface area contributed by atoms with Gasteiger partial charge in [0.25, 0.3) is 0 Å². The summed E-state index contributed by atoms with van der Waals surface area (Å²) in [4.78, 5) is 38.2. The number of hydrogen-bond acceptors (Lipinski definition) is 6. The summed E-state index contributed by atoms with van der Waals surface area (Å²) in [5.41, 5.74) is 0. The maximum atomic E-state index is 12.9. The van der Waals surface area contributed by atoms with Gasteiger partial charge >= 0.3 is 17.9 Å². The fourth-order valence-electron chi connectivity index (χ4n) is 8.25. The van der Waals surface area contributed by atoms with Gasteiger partial charge in [-0.25, -0.2) is 0 Å². The Bertz CT molecular complexity index is 1290. The average Bonchev–Trinajstić information content (AvgIpc) is 3.35. The molecule has 69 heavy (non-hydrogen) atoms. The van der Waals surface area contributed by atoms with Crippen molar-refractivity contribution < 1.29 is 28.6 Å². The minimum Gasteiger partial charge on any atom is -0.462 e. The predicted molar refractivity (Wildman–Crippen MR) is 298 cm³/mol.